The zero-order chi connectivity index (χ0) is 13.8. The van der Waals surface area contributed by atoms with Crippen LogP contribution in [0.5, 0.6) is 0 Å². The number of fused-ring (bicyclic) bond motifs is 1. The molecule has 0 fully saturated rings. The summed E-state index contributed by atoms with van der Waals surface area (Å²) in [5.41, 5.74) is 7.43. The van der Waals surface area contributed by atoms with Gasteiger partial charge < -0.3 is 16.2 Å². The van der Waals surface area contributed by atoms with Crippen LogP contribution in [0, 0.1) is 0 Å². The standard InChI is InChI=1S/C13H18N4O2/c1-8(18)3-2-6-15-13(19)12-10-7-9(14)4-5-11(10)16-17-12/h4-5,7-8,18H,2-3,6,14H2,1H3,(H,15,19)(H,16,17). The molecule has 1 amide bonds. The normalized spacial score (nSPS) is 12.5. The topological polar surface area (TPSA) is 104 Å². The highest BCUT2D eigenvalue weighted by Gasteiger charge is 2.13. The summed E-state index contributed by atoms with van der Waals surface area (Å²) in [6.45, 7) is 2.24. The molecule has 0 aliphatic carbocycles. The predicted octanol–water partition coefficient (Wildman–Crippen LogP) is 1.04. The van der Waals surface area contributed by atoms with Crippen LogP contribution in [0.2, 0.25) is 0 Å². The van der Waals surface area contributed by atoms with Crippen LogP contribution < -0.4 is 11.1 Å². The number of nitrogens with two attached hydrogens (primary N) is 1. The minimum atomic E-state index is -0.345. The molecule has 0 aliphatic heterocycles. The Bertz CT molecular complexity index is 577. The number of aliphatic hydroxyl groups is 1. The lowest BCUT2D eigenvalue weighted by molar-refractivity contribution is 0.0946. The van der Waals surface area contributed by atoms with Crippen molar-refractivity contribution in [3.63, 3.8) is 0 Å². The number of aliphatic hydroxyl groups excluding tert-OH is 1. The number of carbonyl (C=O) groups excluding carboxylic acids is 1. The van der Waals surface area contributed by atoms with Gasteiger partial charge in [-0.05, 0) is 38.0 Å². The van der Waals surface area contributed by atoms with Gasteiger partial charge in [-0.25, -0.2) is 0 Å². The Morgan fingerprint density at radius 1 is 1.58 bits per heavy atom. The Morgan fingerprint density at radius 3 is 3.11 bits per heavy atom. The molecule has 1 aromatic heterocycles. The zero-order valence-electron chi connectivity index (χ0n) is 10.8. The van der Waals surface area contributed by atoms with Gasteiger partial charge in [0.1, 0.15) is 0 Å². The van der Waals surface area contributed by atoms with E-state index in [1.807, 2.05) is 0 Å². The summed E-state index contributed by atoms with van der Waals surface area (Å²) in [5.74, 6) is -0.234. The Kier molecular flexibility index (Phi) is 4.01. The molecule has 5 N–H and O–H groups in total. The molecule has 0 radical (unpaired) electrons. The molecule has 0 bridgehead atoms. The maximum atomic E-state index is 12.0. The highest BCUT2D eigenvalue weighted by atomic mass is 16.3. The number of benzene rings is 1. The molecule has 6 heteroatoms. The van der Waals surface area contributed by atoms with Crippen LogP contribution in [-0.2, 0) is 0 Å². The third kappa shape index (κ3) is 3.23. The Morgan fingerprint density at radius 2 is 2.37 bits per heavy atom. The van der Waals surface area contributed by atoms with Crippen molar-refractivity contribution in [2.24, 2.45) is 0 Å². The fraction of sp³-hybridized carbons (Fsp3) is 0.385. The molecule has 0 saturated carbocycles. The summed E-state index contributed by atoms with van der Waals surface area (Å²) in [7, 11) is 0. The van der Waals surface area contributed by atoms with Crippen LogP contribution in [-0.4, -0.2) is 33.9 Å². The van der Waals surface area contributed by atoms with Gasteiger partial charge >= 0.3 is 0 Å². The van der Waals surface area contributed by atoms with E-state index in [9.17, 15) is 4.79 Å². The molecule has 19 heavy (non-hydrogen) atoms. The molecule has 1 heterocycles. The maximum absolute atomic E-state index is 12.0. The van der Waals surface area contributed by atoms with Crippen molar-refractivity contribution in [3.05, 3.63) is 23.9 Å². The van der Waals surface area contributed by atoms with Crippen LogP contribution in [0.15, 0.2) is 18.2 Å². The van der Waals surface area contributed by atoms with Gasteiger partial charge in [0.05, 0.1) is 11.6 Å². The van der Waals surface area contributed by atoms with Gasteiger partial charge in [0, 0.05) is 17.6 Å². The molecule has 0 spiro atoms. The molecule has 2 rings (SSSR count). The van der Waals surface area contributed by atoms with E-state index >= 15 is 0 Å². The third-order valence-electron chi connectivity index (χ3n) is 2.89. The van der Waals surface area contributed by atoms with Gasteiger partial charge in [-0.3, -0.25) is 9.89 Å². The number of nitrogen functional groups attached to an aromatic ring is 1. The highest BCUT2D eigenvalue weighted by molar-refractivity contribution is 6.05. The van der Waals surface area contributed by atoms with Crippen molar-refractivity contribution >= 4 is 22.5 Å². The zero-order valence-corrected chi connectivity index (χ0v) is 10.8. The minimum Gasteiger partial charge on any atom is -0.399 e. The molecular weight excluding hydrogens is 244 g/mol. The number of nitrogens with zero attached hydrogens (tertiary/aromatic N) is 1. The van der Waals surface area contributed by atoms with Crippen LogP contribution in [0.4, 0.5) is 5.69 Å². The van der Waals surface area contributed by atoms with E-state index in [1.165, 1.54) is 0 Å². The van der Waals surface area contributed by atoms with Crippen LogP contribution >= 0.6 is 0 Å². The maximum Gasteiger partial charge on any atom is 0.272 e. The highest BCUT2D eigenvalue weighted by Crippen LogP contribution is 2.18. The van der Waals surface area contributed by atoms with Crippen LogP contribution in [0.1, 0.15) is 30.3 Å². The lowest BCUT2D eigenvalue weighted by atomic mass is 10.2. The quantitative estimate of drug-likeness (QED) is 0.477. The summed E-state index contributed by atoms with van der Waals surface area (Å²) < 4.78 is 0. The van der Waals surface area contributed by atoms with Gasteiger partial charge in [0.25, 0.3) is 5.91 Å². The second-order valence-electron chi connectivity index (χ2n) is 4.62. The van der Waals surface area contributed by atoms with E-state index in [4.69, 9.17) is 10.8 Å². The van der Waals surface area contributed by atoms with Gasteiger partial charge in [0.2, 0.25) is 0 Å². The third-order valence-corrected chi connectivity index (χ3v) is 2.89. The number of aromatic nitrogens is 2. The largest absolute Gasteiger partial charge is 0.399 e. The van der Waals surface area contributed by atoms with E-state index in [2.05, 4.69) is 15.5 Å². The van der Waals surface area contributed by atoms with Crippen molar-refractivity contribution in [2.45, 2.75) is 25.9 Å². The molecule has 0 aliphatic rings. The number of amides is 1. The molecule has 0 saturated heterocycles. The molecule has 1 unspecified atom stereocenters. The fourth-order valence-corrected chi connectivity index (χ4v) is 1.89. The van der Waals surface area contributed by atoms with E-state index in [-0.39, 0.29) is 12.0 Å². The van der Waals surface area contributed by atoms with E-state index in [1.54, 1.807) is 25.1 Å². The van der Waals surface area contributed by atoms with Gasteiger partial charge in [-0.15, -0.1) is 0 Å². The average molecular weight is 262 g/mol. The first-order chi connectivity index (χ1) is 9.08. The molecule has 1 aromatic carbocycles. The molecule has 2 aromatic rings. The first-order valence-corrected chi connectivity index (χ1v) is 6.28. The molecule has 1 atom stereocenters. The number of anilines is 1. The number of H-pyrrole nitrogens is 1. The smallest absolute Gasteiger partial charge is 0.272 e. The van der Waals surface area contributed by atoms with Crippen molar-refractivity contribution in [1.82, 2.24) is 15.5 Å². The minimum absolute atomic E-state index is 0.234. The lowest BCUT2D eigenvalue weighted by Crippen LogP contribution is -2.25. The summed E-state index contributed by atoms with van der Waals surface area (Å²) in [6.07, 6.45) is 1.05. The van der Waals surface area contributed by atoms with E-state index < -0.39 is 0 Å². The van der Waals surface area contributed by atoms with E-state index in [0.717, 1.165) is 11.9 Å². The number of hydrogen-bond donors (Lipinski definition) is 4. The first-order valence-electron chi connectivity index (χ1n) is 6.28. The Labute approximate surface area is 111 Å². The van der Waals surface area contributed by atoms with Crippen molar-refractivity contribution in [3.8, 4) is 0 Å². The monoisotopic (exact) mass is 262 g/mol. The second kappa shape index (κ2) is 5.71. The Hall–Kier alpha value is -2.08. The Balaban J connectivity index is 2.03. The predicted molar refractivity (Wildman–Crippen MR) is 73.8 cm³/mol. The summed E-state index contributed by atoms with van der Waals surface area (Å²) in [6, 6.07) is 5.27. The molecule has 6 nitrogen and oxygen atoms in total. The van der Waals surface area contributed by atoms with E-state index in [0.29, 0.717) is 29.7 Å². The fourth-order valence-electron chi connectivity index (χ4n) is 1.89. The molecule has 102 valence electrons. The van der Waals surface area contributed by atoms with Crippen molar-refractivity contribution in [2.75, 3.05) is 12.3 Å². The van der Waals surface area contributed by atoms with Crippen molar-refractivity contribution < 1.29 is 9.90 Å². The SMILES string of the molecule is CC(O)CCCNC(=O)c1n[nH]c2ccc(N)cc12. The van der Waals surface area contributed by atoms with Crippen LogP contribution in [0.3, 0.4) is 0 Å². The summed E-state index contributed by atoms with van der Waals surface area (Å²) in [4.78, 5) is 12.0. The van der Waals surface area contributed by atoms with Gasteiger partial charge in [0.15, 0.2) is 5.69 Å². The van der Waals surface area contributed by atoms with Gasteiger partial charge in [-0.2, -0.15) is 5.10 Å². The first kappa shape index (κ1) is 13.4. The lowest BCUT2D eigenvalue weighted by Gasteiger charge is -2.05. The van der Waals surface area contributed by atoms with Crippen molar-refractivity contribution in [1.29, 1.82) is 0 Å². The average Bonchev–Trinajstić information content (AvgIpc) is 2.77. The number of aromatic amines is 1. The molecular formula is C13H18N4O2. The number of nitrogens with one attached hydrogen (secondary N) is 2. The van der Waals surface area contributed by atoms with Crippen LogP contribution in [0.25, 0.3) is 10.9 Å². The second-order valence-corrected chi connectivity index (χ2v) is 4.62. The van der Waals surface area contributed by atoms with Gasteiger partial charge in [-0.1, -0.05) is 0 Å². The number of rotatable bonds is 5. The number of hydrogen-bond acceptors (Lipinski definition) is 4. The summed E-state index contributed by atoms with van der Waals surface area (Å²) in [5, 5.41) is 19.4. The number of carbonyl (C=O) groups is 1. The summed E-state index contributed by atoms with van der Waals surface area (Å²) >= 11 is 0.